The molecule has 0 fully saturated rings. The number of imidazole rings is 1. The Morgan fingerprint density at radius 2 is 1.97 bits per heavy atom. The molecule has 170 valence electrons. The third-order valence-electron chi connectivity index (χ3n) is 4.47. The molecule has 0 saturated carbocycles. The molecule has 0 bridgehead atoms. The van der Waals surface area contributed by atoms with Gasteiger partial charge in [0.1, 0.15) is 10.0 Å². The maximum absolute atomic E-state index is 12.1. The molecular weight excluding hydrogens is 547 g/mol. The van der Waals surface area contributed by atoms with Crippen LogP contribution < -0.4 is 15.4 Å². The van der Waals surface area contributed by atoms with Crippen LogP contribution in [0.15, 0.2) is 51.0 Å². The molecule has 3 rings (SSSR count). The minimum atomic E-state index is -3.44. The molecule has 0 spiro atoms. The number of thiophene rings is 1. The average Bonchev–Trinajstić information content (AvgIpc) is 3.37. The minimum Gasteiger partial charge on any atom is -0.357 e. The summed E-state index contributed by atoms with van der Waals surface area (Å²) in [5, 5.41) is 8.10. The first-order valence-electron chi connectivity index (χ1n) is 9.98. The van der Waals surface area contributed by atoms with E-state index < -0.39 is 10.0 Å². The number of aromatic nitrogens is 2. The van der Waals surface area contributed by atoms with Gasteiger partial charge in [0.25, 0.3) is 0 Å². The summed E-state index contributed by atoms with van der Waals surface area (Å²) in [6.45, 7) is 6.98. The Balaban J connectivity index is 0.00000341. The molecule has 0 aliphatic rings. The van der Waals surface area contributed by atoms with E-state index in [9.17, 15) is 8.42 Å². The van der Waals surface area contributed by atoms with Crippen molar-refractivity contribution >= 4 is 62.3 Å². The fourth-order valence-electron chi connectivity index (χ4n) is 3.09. The number of sulfonamides is 1. The Hall–Kier alpha value is -1.70. The van der Waals surface area contributed by atoms with Crippen molar-refractivity contribution in [2.45, 2.75) is 31.0 Å². The normalized spacial score (nSPS) is 12.0. The SMILES string of the molecule is CCNC(=NCCCn1c(C)nc2ccccc21)NCCNS(=O)(=O)c1cccs1.I. The third kappa shape index (κ3) is 7.16. The van der Waals surface area contributed by atoms with Crippen LogP contribution in [0, 0.1) is 6.92 Å². The van der Waals surface area contributed by atoms with Gasteiger partial charge in [0.05, 0.1) is 11.0 Å². The van der Waals surface area contributed by atoms with E-state index in [-0.39, 0.29) is 30.5 Å². The number of aryl methyl sites for hydroxylation is 2. The number of nitrogens with zero attached hydrogens (tertiary/aromatic N) is 3. The lowest BCUT2D eigenvalue weighted by Gasteiger charge is -2.12. The molecule has 0 atom stereocenters. The largest absolute Gasteiger partial charge is 0.357 e. The van der Waals surface area contributed by atoms with Gasteiger partial charge in [0.2, 0.25) is 10.0 Å². The van der Waals surface area contributed by atoms with Crippen molar-refractivity contribution < 1.29 is 8.42 Å². The van der Waals surface area contributed by atoms with Gasteiger partial charge in [-0.1, -0.05) is 18.2 Å². The molecule has 1 aromatic carbocycles. The molecule has 31 heavy (non-hydrogen) atoms. The van der Waals surface area contributed by atoms with Crippen LogP contribution >= 0.6 is 35.3 Å². The first kappa shape index (κ1) is 25.6. The van der Waals surface area contributed by atoms with Crippen molar-refractivity contribution in [2.75, 3.05) is 26.2 Å². The van der Waals surface area contributed by atoms with Gasteiger partial charge in [0.15, 0.2) is 5.96 Å². The summed E-state index contributed by atoms with van der Waals surface area (Å²) < 4.78 is 29.4. The summed E-state index contributed by atoms with van der Waals surface area (Å²) in [5.41, 5.74) is 2.15. The highest BCUT2D eigenvalue weighted by atomic mass is 127. The summed E-state index contributed by atoms with van der Waals surface area (Å²) in [7, 11) is -3.44. The van der Waals surface area contributed by atoms with Crippen LogP contribution in [0.2, 0.25) is 0 Å². The lowest BCUT2D eigenvalue weighted by Crippen LogP contribution is -2.41. The van der Waals surface area contributed by atoms with Crippen LogP contribution in [-0.4, -0.2) is 50.1 Å². The number of halogens is 1. The smallest absolute Gasteiger partial charge is 0.250 e. The molecule has 0 aliphatic carbocycles. The van der Waals surface area contributed by atoms with Crippen molar-refractivity contribution in [1.29, 1.82) is 0 Å². The Labute approximate surface area is 204 Å². The van der Waals surface area contributed by atoms with E-state index in [0.717, 1.165) is 36.4 Å². The summed E-state index contributed by atoms with van der Waals surface area (Å²) in [5.74, 6) is 1.68. The molecule has 0 radical (unpaired) electrons. The lowest BCUT2D eigenvalue weighted by atomic mass is 10.3. The van der Waals surface area contributed by atoms with Crippen molar-refractivity contribution in [1.82, 2.24) is 24.9 Å². The van der Waals surface area contributed by atoms with Gasteiger partial charge in [0, 0.05) is 32.7 Å². The lowest BCUT2D eigenvalue weighted by molar-refractivity contribution is 0.582. The molecule has 3 N–H and O–H groups in total. The van der Waals surface area contributed by atoms with Gasteiger partial charge in [-0.05, 0) is 43.8 Å². The zero-order valence-electron chi connectivity index (χ0n) is 17.7. The number of para-hydroxylation sites is 2. The maximum Gasteiger partial charge on any atom is 0.250 e. The number of guanidine groups is 1. The number of nitrogens with one attached hydrogen (secondary N) is 3. The molecule has 3 aromatic rings. The fraction of sp³-hybridized carbons (Fsp3) is 0.400. The third-order valence-corrected chi connectivity index (χ3v) is 7.33. The number of benzene rings is 1. The summed E-state index contributed by atoms with van der Waals surface area (Å²) in [6, 6.07) is 11.5. The molecule has 11 heteroatoms. The fourth-order valence-corrected chi connectivity index (χ4v) is 5.16. The van der Waals surface area contributed by atoms with Crippen LogP contribution in [0.4, 0.5) is 0 Å². The number of rotatable bonds is 10. The Morgan fingerprint density at radius 3 is 2.71 bits per heavy atom. The standard InChI is InChI=1S/C20H28N6O2S2.HI/c1-3-21-20(23-12-13-24-30(27,28)19-10-6-15-29-19)22-11-7-14-26-16(2)25-17-8-4-5-9-18(17)26;/h4-6,8-10,15,24H,3,7,11-14H2,1-2H3,(H2,21,22,23);1H. The number of hydrogen-bond donors (Lipinski definition) is 3. The minimum absolute atomic E-state index is 0. The topological polar surface area (TPSA) is 100 Å². The molecular formula is C20H29IN6O2S2. The first-order chi connectivity index (χ1) is 14.5. The summed E-state index contributed by atoms with van der Waals surface area (Å²) in [4.78, 5) is 9.18. The van der Waals surface area contributed by atoms with Crippen molar-refractivity contribution in [2.24, 2.45) is 4.99 Å². The monoisotopic (exact) mass is 576 g/mol. The van der Waals surface area contributed by atoms with Crippen LogP contribution in [0.5, 0.6) is 0 Å². The number of aliphatic imine (C=N–C) groups is 1. The average molecular weight is 577 g/mol. The molecule has 0 unspecified atom stereocenters. The van der Waals surface area contributed by atoms with E-state index >= 15 is 0 Å². The summed E-state index contributed by atoms with van der Waals surface area (Å²) >= 11 is 1.20. The predicted molar refractivity (Wildman–Crippen MR) is 138 cm³/mol. The van der Waals surface area contributed by atoms with Gasteiger partial charge in [-0.25, -0.2) is 18.1 Å². The Bertz CT molecular complexity index is 1080. The highest BCUT2D eigenvalue weighted by Gasteiger charge is 2.13. The van der Waals surface area contributed by atoms with Gasteiger partial charge >= 0.3 is 0 Å². The van der Waals surface area contributed by atoms with E-state index in [1.54, 1.807) is 17.5 Å². The predicted octanol–water partition coefficient (Wildman–Crippen LogP) is 2.95. The van der Waals surface area contributed by atoms with E-state index in [1.165, 1.54) is 11.3 Å². The van der Waals surface area contributed by atoms with Gasteiger partial charge in [-0.15, -0.1) is 35.3 Å². The Morgan fingerprint density at radius 1 is 1.16 bits per heavy atom. The van der Waals surface area contributed by atoms with Crippen LogP contribution in [0.3, 0.4) is 0 Å². The molecule has 8 nitrogen and oxygen atoms in total. The molecule has 0 saturated heterocycles. The van der Waals surface area contributed by atoms with Crippen LogP contribution in [0.25, 0.3) is 11.0 Å². The van der Waals surface area contributed by atoms with Crippen molar-refractivity contribution in [3.8, 4) is 0 Å². The van der Waals surface area contributed by atoms with Crippen molar-refractivity contribution in [3.05, 3.63) is 47.6 Å². The van der Waals surface area contributed by atoms with E-state index in [4.69, 9.17) is 0 Å². The van der Waals surface area contributed by atoms with E-state index in [0.29, 0.717) is 23.3 Å². The molecule has 2 heterocycles. The molecule has 0 aliphatic heterocycles. The molecule has 0 amide bonds. The van der Waals surface area contributed by atoms with Crippen molar-refractivity contribution in [3.63, 3.8) is 0 Å². The quantitative estimate of drug-likeness (QED) is 0.149. The zero-order chi connectivity index (χ0) is 21.4. The van der Waals surface area contributed by atoms with E-state index in [2.05, 4.69) is 36.0 Å². The second-order valence-electron chi connectivity index (χ2n) is 6.67. The van der Waals surface area contributed by atoms with Gasteiger partial charge in [-0.3, -0.25) is 4.99 Å². The molecule has 2 aromatic heterocycles. The maximum atomic E-state index is 12.1. The zero-order valence-corrected chi connectivity index (χ0v) is 21.6. The summed E-state index contributed by atoms with van der Waals surface area (Å²) in [6.07, 6.45) is 0.878. The van der Waals surface area contributed by atoms with Gasteiger partial charge in [-0.2, -0.15) is 0 Å². The second kappa shape index (κ2) is 12.4. The van der Waals surface area contributed by atoms with E-state index in [1.807, 2.05) is 32.0 Å². The first-order valence-corrected chi connectivity index (χ1v) is 12.3. The van der Waals surface area contributed by atoms with Gasteiger partial charge < -0.3 is 15.2 Å². The highest BCUT2D eigenvalue weighted by molar-refractivity contribution is 14.0. The number of fused-ring (bicyclic) bond motifs is 1. The second-order valence-corrected chi connectivity index (χ2v) is 9.61. The van der Waals surface area contributed by atoms with Crippen LogP contribution in [0.1, 0.15) is 19.2 Å². The Kier molecular flexibility index (Phi) is 10.2. The highest BCUT2D eigenvalue weighted by Crippen LogP contribution is 2.16. The van der Waals surface area contributed by atoms with Crippen LogP contribution in [-0.2, 0) is 16.6 Å². The number of hydrogen-bond acceptors (Lipinski definition) is 5.